The van der Waals surface area contributed by atoms with E-state index in [0.717, 1.165) is 11.1 Å². The molecule has 0 saturated heterocycles. The molecular formula is C20H19N5O2. The molecule has 0 saturated carbocycles. The van der Waals surface area contributed by atoms with Crippen LogP contribution in [0.4, 0.5) is 0 Å². The van der Waals surface area contributed by atoms with Crippen molar-refractivity contribution in [3.05, 3.63) is 59.7 Å². The van der Waals surface area contributed by atoms with Gasteiger partial charge in [-0.05, 0) is 37.6 Å². The fraction of sp³-hybridized carbons (Fsp3) is 0.250. The number of hydrogen-bond donors (Lipinski definition) is 1. The molecule has 0 fully saturated rings. The highest BCUT2D eigenvalue weighted by Crippen LogP contribution is 2.18. The molecule has 0 aliphatic heterocycles. The van der Waals surface area contributed by atoms with E-state index in [1.165, 1.54) is 0 Å². The smallest absolute Gasteiger partial charge is 0.245 e. The van der Waals surface area contributed by atoms with Crippen molar-refractivity contribution in [2.24, 2.45) is 5.92 Å². The van der Waals surface area contributed by atoms with Crippen LogP contribution in [0.5, 0.6) is 0 Å². The van der Waals surface area contributed by atoms with Gasteiger partial charge < -0.3 is 5.32 Å². The Labute approximate surface area is 156 Å². The number of aromatic nitrogens is 3. The first-order chi connectivity index (χ1) is 13.0. The summed E-state index contributed by atoms with van der Waals surface area (Å²) in [6, 6.07) is 15.8. The van der Waals surface area contributed by atoms with E-state index >= 15 is 0 Å². The van der Waals surface area contributed by atoms with Gasteiger partial charge in [0, 0.05) is 12.1 Å². The number of ketones is 1. The maximum Gasteiger partial charge on any atom is 0.245 e. The van der Waals surface area contributed by atoms with Gasteiger partial charge in [-0.2, -0.15) is 5.26 Å². The molecule has 27 heavy (non-hydrogen) atoms. The summed E-state index contributed by atoms with van der Waals surface area (Å²) < 4.78 is 1.71. The Hall–Kier alpha value is -3.53. The molecule has 0 aliphatic carbocycles. The van der Waals surface area contributed by atoms with Gasteiger partial charge in [0.1, 0.15) is 5.52 Å². The summed E-state index contributed by atoms with van der Waals surface area (Å²) in [5, 5.41) is 20.2. The Morgan fingerprint density at radius 2 is 1.96 bits per heavy atom. The molecule has 136 valence electrons. The number of carbonyl (C=O) groups is 2. The Balaban J connectivity index is 1.79. The van der Waals surface area contributed by atoms with E-state index < -0.39 is 17.6 Å². The first-order valence-corrected chi connectivity index (χ1v) is 8.67. The Morgan fingerprint density at radius 3 is 2.63 bits per heavy atom. The molecule has 0 spiro atoms. The van der Waals surface area contributed by atoms with Crippen LogP contribution in [-0.2, 0) is 11.3 Å². The third kappa shape index (κ3) is 3.70. The van der Waals surface area contributed by atoms with Crippen LogP contribution in [-0.4, -0.2) is 26.7 Å². The summed E-state index contributed by atoms with van der Waals surface area (Å²) in [6.07, 6.45) is 0. The predicted molar refractivity (Wildman–Crippen MR) is 99.6 cm³/mol. The average Bonchev–Trinajstić information content (AvgIpc) is 3.11. The highest BCUT2D eigenvalue weighted by molar-refractivity contribution is 6.13. The van der Waals surface area contributed by atoms with Crippen molar-refractivity contribution in [3.8, 4) is 6.07 Å². The molecule has 7 heteroatoms. The molecule has 1 amide bonds. The number of Topliss-reactive ketones (excluding diaryl/α,β-unsaturated/α-hetero) is 1. The van der Waals surface area contributed by atoms with Crippen LogP contribution < -0.4 is 5.32 Å². The number of fused-ring (bicyclic) bond motifs is 1. The quantitative estimate of drug-likeness (QED) is 0.537. The van der Waals surface area contributed by atoms with Gasteiger partial charge in [-0.1, -0.05) is 35.5 Å². The van der Waals surface area contributed by atoms with E-state index in [2.05, 4.69) is 15.6 Å². The number of nitrogens with one attached hydrogen (secondary N) is 1. The zero-order valence-corrected chi connectivity index (χ0v) is 15.1. The minimum absolute atomic E-state index is 0.264. The van der Waals surface area contributed by atoms with Gasteiger partial charge in [-0.3, -0.25) is 9.59 Å². The normalized spacial score (nSPS) is 12.9. The first kappa shape index (κ1) is 18.3. The van der Waals surface area contributed by atoms with Gasteiger partial charge in [-0.15, -0.1) is 5.10 Å². The molecular weight excluding hydrogens is 342 g/mol. The van der Waals surface area contributed by atoms with Crippen LogP contribution in [0.1, 0.15) is 35.8 Å². The number of benzene rings is 2. The maximum absolute atomic E-state index is 12.7. The molecule has 1 aromatic heterocycles. The number of nitrogens with zero attached hydrogens (tertiary/aromatic N) is 4. The topological polar surface area (TPSA) is 101 Å². The largest absolute Gasteiger partial charge is 0.348 e. The van der Waals surface area contributed by atoms with Gasteiger partial charge in [0.05, 0.1) is 17.6 Å². The van der Waals surface area contributed by atoms with Crippen LogP contribution in [0.15, 0.2) is 48.5 Å². The third-order valence-corrected chi connectivity index (χ3v) is 4.41. The fourth-order valence-corrected chi connectivity index (χ4v) is 2.88. The highest BCUT2D eigenvalue weighted by atomic mass is 16.2. The summed E-state index contributed by atoms with van der Waals surface area (Å²) in [5.41, 5.74) is 2.51. The third-order valence-electron chi connectivity index (χ3n) is 4.41. The fourth-order valence-electron chi connectivity index (χ4n) is 2.88. The van der Waals surface area contributed by atoms with E-state index in [0.29, 0.717) is 12.1 Å². The first-order valence-electron chi connectivity index (χ1n) is 8.67. The minimum Gasteiger partial charge on any atom is -0.348 e. The molecule has 0 aliphatic rings. The zero-order valence-electron chi connectivity index (χ0n) is 15.1. The number of amides is 1. The lowest BCUT2D eigenvalue weighted by atomic mass is 9.97. The maximum atomic E-state index is 12.7. The minimum atomic E-state index is -1.42. The molecule has 7 nitrogen and oxygen atoms in total. The molecule has 3 rings (SSSR count). The lowest BCUT2D eigenvalue weighted by molar-refractivity contribution is -0.122. The molecule has 2 aromatic carbocycles. The second kappa shape index (κ2) is 7.79. The van der Waals surface area contributed by atoms with Crippen LogP contribution in [0.3, 0.4) is 0 Å². The second-order valence-corrected chi connectivity index (χ2v) is 6.18. The lowest BCUT2D eigenvalue weighted by Gasteiger charge is -2.16. The summed E-state index contributed by atoms with van der Waals surface area (Å²) in [4.78, 5) is 25.2. The summed E-state index contributed by atoms with van der Waals surface area (Å²) >= 11 is 0. The van der Waals surface area contributed by atoms with E-state index in [-0.39, 0.29) is 11.6 Å². The van der Waals surface area contributed by atoms with Gasteiger partial charge in [0.25, 0.3) is 0 Å². The Morgan fingerprint density at radius 1 is 1.22 bits per heavy atom. The SMILES string of the molecule is CCn1nnc2cc(C(=O)[C@H](C#N)C(=O)N[C@@H](C)c3ccccc3)ccc21. The molecule has 3 aromatic rings. The summed E-state index contributed by atoms with van der Waals surface area (Å²) in [6.45, 7) is 4.41. The van der Waals surface area contributed by atoms with E-state index in [4.69, 9.17) is 0 Å². The van der Waals surface area contributed by atoms with E-state index in [1.54, 1.807) is 29.8 Å². The molecule has 2 atom stereocenters. The summed E-state index contributed by atoms with van der Waals surface area (Å²) in [5.74, 6) is -2.59. The van der Waals surface area contributed by atoms with Crippen LogP contribution in [0.2, 0.25) is 0 Å². The van der Waals surface area contributed by atoms with Crippen molar-refractivity contribution in [3.63, 3.8) is 0 Å². The number of carbonyl (C=O) groups excluding carboxylic acids is 2. The zero-order chi connectivity index (χ0) is 19.4. The van der Waals surface area contributed by atoms with Gasteiger partial charge in [0.2, 0.25) is 5.91 Å². The van der Waals surface area contributed by atoms with Crippen LogP contribution in [0.25, 0.3) is 11.0 Å². The average molecular weight is 361 g/mol. The predicted octanol–water partition coefficient (Wildman–Crippen LogP) is 2.65. The van der Waals surface area contributed by atoms with Gasteiger partial charge >= 0.3 is 0 Å². The van der Waals surface area contributed by atoms with E-state index in [1.807, 2.05) is 43.3 Å². The van der Waals surface area contributed by atoms with Crippen molar-refractivity contribution in [2.75, 3.05) is 0 Å². The van der Waals surface area contributed by atoms with Crippen molar-refractivity contribution >= 4 is 22.7 Å². The van der Waals surface area contributed by atoms with Crippen molar-refractivity contribution in [1.82, 2.24) is 20.3 Å². The number of nitriles is 1. The standard InChI is InChI=1S/C20H19N5O2/c1-3-25-18-10-9-15(11-17(18)23-24-25)19(26)16(12-21)20(27)22-13(2)14-7-5-4-6-8-14/h4-11,13,16H,3H2,1-2H3,(H,22,27)/t13-,16-/m0/s1. The van der Waals surface area contributed by atoms with Crippen molar-refractivity contribution in [2.45, 2.75) is 26.4 Å². The molecule has 1 heterocycles. The Kier molecular flexibility index (Phi) is 5.27. The van der Waals surface area contributed by atoms with Gasteiger partial charge in [0.15, 0.2) is 11.7 Å². The Bertz CT molecular complexity index is 1020. The monoisotopic (exact) mass is 361 g/mol. The number of aryl methyl sites for hydroxylation is 1. The van der Waals surface area contributed by atoms with Gasteiger partial charge in [-0.25, -0.2) is 4.68 Å². The molecule has 0 bridgehead atoms. The highest BCUT2D eigenvalue weighted by Gasteiger charge is 2.29. The molecule has 0 radical (unpaired) electrons. The van der Waals surface area contributed by atoms with Crippen LogP contribution in [0, 0.1) is 17.2 Å². The van der Waals surface area contributed by atoms with Crippen molar-refractivity contribution < 1.29 is 9.59 Å². The molecule has 1 N–H and O–H groups in total. The lowest BCUT2D eigenvalue weighted by Crippen LogP contribution is -2.36. The van der Waals surface area contributed by atoms with E-state index in [9.17, 15) is 14.9 Å². The number of hydrogen-bond acceptors (Lipinski definition) is 5. The van der Waals surface area contributed by atoms with Crippen LogP contribution >= 0.6 is 0 Å². The van der Waals surface area contributed by atoms with Crippen molar-refractivity contribution in [1.29, 1.82) is 5.26 Å². The molecule has 0 unspecified atom stereocenters. The summed E-state index contributed by atoms with van der Waals surface area (Å²) in [7, 11) is 0. The number of rotatable bonds is 6. The second-order valence-electron chi connectivity index (χ2n) is 6.18.